The standard InChI is InChI=1S/C23H15N3O6S2.C11H7N3O2.2Na/c1-25-17-23(32-34(29,30)20-10-6-3-7-11-20)21-13-12-18(16-26-21)22(14-15-24)31-33(27,28)19-8-4-2-5-9-19;1-13-7-11(16)9-3-2-8(6-14-9)10(15)4-5-12;;/h2-14,16-17H;2-4,6-7,15-16H;;/q;;2*+1/p-2/b22-14-,23-17-;10-4-,11-7-;;. The van der Waals surface area contributed by atoms with Gasteiger partial charge in [0.2, 0.25) is 0 Å². The smallest absolute Gasteiger partial charge is 0.880 e. The van der Waals surface area contributed by atoms with Crippen molar-refractivity contribution in [1.82, 2.24) is 9.97 Å². The molecule has 0 saturated carbocycles. The van der Waals surface area contributed by atoms with Gasteiger partial charge in [-0.15, -0.1) is 0 Å². The van der Waals surface area contributed by atoms with E-state index < -0.39 is 31.8 Å². The fourth-order valence-corrected chi connectivity index (χ4v) is 5.47. The Kier molecular flexibility index (Phi) is 18.8. The largest absolute Gasteiger partial charge is 1.00 e. The van der Waals surface area contributed by atoms with Crippen LogP contribution >= 0.6 is 0 Å². The molecular formula is C34H20N6Na2O8S2. The van der Waals surface area contributed by atoms with Crippen LogP contribution in [0, 0.1) is 35.8 Å². The third-order valence-electron chi connectivity index (χ3n) is 5.82. The van der Waals surface area contributed by atoms with Gasteiger partial charge in [-0.3, -0.25) is 9.97 Å². The summed E-state index contributed by atoms with van der Waals surface area (Å²) in [5.41, 5.74) is 0.421. The van der Waals surface area contributed by atoms with Crippen LogP contribution in [0.1, 0.15) is 22.5 Å². The number of nitriles is 2. The Morgan fingerprint density at radius 3 is 1.54 bits per heavy atom. The van der Waals surface area contributed by atoms with E-state index in [1.807, 2.05) is 0 Å². The van der Waals surface area contributed by atoms with E-state index in [9.17, 15) is 27.0 Å². The van der Waals surface area contributed by atoms with Crippen molar-refractivity contribution >= 4 is 43.3 Å². The van der Waals surface area contributed by atoms with Crippen molar-refractivity contribution in [3.05, 3.63) is 167 Å². The Labute approximate surface area is 344 Å². The summed E-state index contributed by atoms with van der Waals surface area (Å²) in [6.07, 6.45) is 5.76. The minimum Gasteiger partial charge on any atom is -0.880 e. The van der Waals surface area contributed by atoms with Gasteiger partial charge < -0.3 is 18.6 Å². The van der Waals surface area contributed by atoms with E-state index in [4.69, 9.17) is 32.0 Å². The molecule has 52 heavy (non-hydrogen) atoms. The summed E-state index contributed by atoms with van der Waals surface area (Å²) >= 11 is 0. The summed E-state index contributed by atoms with van der Waals surface area (Å²) < 4.78 is 60.3. The topological polar surface area (TPSA) is 215 Å². The van der Waals surface area contributed by atoms with Crippen molar-refractivity contribution < 1.29 is 94.5 Å². The molecule has 0 spiro atoms. The Bertz CT molecular complexity index is 2180. The van der Waals surface area contributed by atoms with Crippen molar-refractivity contribution in [1.29, 1.82) is 10.5 Å². The van der Waals surface area contributed by atoms with Crippen molar-refractivity contribution in [2.45, 2.75) is 9.79 Å². The van der Waals surface area contributed by atoms with Crippen LogP contribution in [0.4, 0.5) is 0 Å². The summed E-state index contributed by atoms with van der Waals surface area (Å²) in [5, 5.41) is 39.7. The van der Waals surface area contributed by atoms with Crippen LogP contribution in [0.25, 0.3) is 32.7 Å². The second-order valence-corrected chi connectivity index (χ2v) is 12.2. The molecule has 14 nitrogen and oxygen atoms in total. The van der Waals surface area contributed by atoms with E-state index >= 15 is 0 Å². The molecule has 0 bridgehead atoms. The van der Waals surface area contributed by atoms with Gasteiger partial charge in [0.1, 0.15) is 16.0 Å². The molecule has 0 radical (unpaired) electrons. The summed E-state index contributed by atoms with van der Waals surface area (Å²) in [6.45, 7) is 13.5. The first-order chi connectivity index (χ1) is 23.9. The zero-order chi connectivity index (χ0) is 36.6. The van der Waals surface area contributed by atoms with Crippen molar-refractivity contribution in [3.8, 4) is 12.1 Å². The van der Waals surface area contributed by atoms with E-state index in [2.05, 4.69) is 19.7 Å². The van der Waals surface area contributed by atoms with Crippen LogP contribution in [-0.4, -0.2) is 26.8 Å². The molecule has 2 aromatic carbocycles. The quantitative estimate of drug-likeness (QED) is 0.0559. The summed E-state index contributed by atoms with van der Waals surface area (Å²) in [7, 11) is -8.45. The fraction of sp³-hybridized carbons (Fsp3) is 0. The zero-order valence-electron chi connectivity index (χ0n) is 27.3. The molecule has 18 heteroatoms. The molecule has 0 fully saturated rings. The number of benzene rings is 2. The van der Waals surface area contributed by atoms with E-state index in [0.717, 1.165) is 30.7 Å². The van der Waals surface area contributed by atoms with Crippen molar-refractivity contribution in [2.24, 2.45) is 0 Å². The fourth-order valence-electron chi connectivity index (χ4n) is 3.55. The van der Waals surface area contributed by atoms with Crippen LogP contribution in [0.15, 0.2) is 132 Å². The molecular weight excluding hydrogens is 731 g/mol. The Morgan fingerprint density at radius 2 is 1.10 bits per heavy atom. The maximum absolute atomic E-state index is 12.5. The Balaban J connectivity index is 0.000000636. The molecule has 0 saturated heterocycles. The minimum absolute atomic E-state index is 0. The SMILES string of the molecule is [C-]#[N+]/C=C(\OS(=O)(=O)c1ccccc1)c1ccc(/C(=C/C#N)OS(=O)(=O)c2ccccc2)cn1.[C-]#[N+]/C=C(\[O-])c1ccc(/C([O-])=C/C#N)cn1.[Na+].[Na+]. The maximum atomic E-state index is 12.5. The first-order valence-electron chi connectivity index (χ1n) is 13.6. The normalized spacial score (nSPS) is 11.6. The average Bonchev–Trinajstić information content (AvgIpc) is 3.12. The molecule has 0 amide bonds. The monoisotopic (exact) mass is 750 g/mol. The second kappa shape index (κ2) is 21.9. The van der Waals surface area contributed by atoms with E-state index in [0.29, 0.717) is 0 Å². The van der Waals surface area contributed by atoms with Crippen LogP contribution in [0.3, 0.4) is 0 Å². The van der Waals surface area contributed by atoms with Gasteiger partial charge in [-0.1, -0.05) is 54.0 Å². The maximum Gasteiger partial charge on any atom is 1.00 e. The van der Waals surface area contributed by atoms with Gasteiger partial charge in [0.15, 0.2) is 17.7 Å². The van der Waals surface area contributed by atoms with Gasteiger partial charge in [0.25, 0.3) is 0 Å². The summed E-state index contributed by atoms with van der Waals surface area (Å²) in [5.74, 6) is -1.62. The zero-order valence-corrected chi connectivity index (χ0v) is 32.9. The molecule has 0 unspecified atom stereocenters. The third kappa shape index (κ3) is 13.1. The number of allylic oxidation sites excluding steroid dienone is 2. The van der Waals surface area contributed by atoms with Crippen LogP contribution in [-0.2, 0) is 28.6 Å². The predicted octanol–water partition coefficient (Wildman–Crippen LogP) is -2.13. The van der Waals surface area contributed by atoms with Crippen LogP contribution in [0.5, 0.6) is 0 Å². The Morgan fingerprint density at radius 1 is 0.635 bits per heavy atom. The third-order valence-corrected chi connectivity index (χ3v) is 8.32. The van der Waals surface area contributed by atoms with Crippen molar-refractivity contribution in [2.75, 3.05) is 0 Å². The van der Waals surface area contributed by atoms with Crippen molar-refractivity contribution in [3.63, 3.8) is 0 Å². The van der Waals surface area contributed by atoms with E-state index in [1.54, 1.807) is 24.3 Å². The Hall–Kier alpha value is -5.24. The first kappa shape index (κ1) is 44.8. The van der Waals surface area contributed by atoms with E-state index in [-0.39, 0.29) is 103 Å². The average molecular weight is 751 g/mol. The number of aromatic nitrogens is 2. The van der Waals surface area contributed by atoms with Gasteiger partial charge in [-0.05, 0) is 48.0 Å². The summed E-state index contributed by atoms with van der Waals surface area (Å²) in [4.78, 5) is 13.4. The molecule has 4 aromatic rings. The number of hydrogen-bond donors (Lipinski definition) is 0. The van der Waals surface area contributed by atoms with Crippen LogP contribution < -0.4 is 69.3 Å². The summed E-state index contributed by atoms with van der Waals surface area (Å²) in [6, 6.07) is 23.4. The number of pyridine rings is 2. The van der Waals surface area contributed by atoms with Gasteiger partial charge in [-0.2, -0.15) is 27.4 Å². The first-order valence-corrected chi connectivity index (χ1v) is 16.4. The van der Waals surface area contributed by atoms with Gasteiger partial charge in [-0.25, -0.2) is 9.69 Å². The molecule has 0 N–H and O–H groups in total. The second-order valence-electron chi connectivity index (χ2n) is 9.09. The van der Waals surface area contributed by atoms with Gasteiger partial charge >= 0.3 is 79.4 Å². The molecule has 0 atom stereocenters. The van der Waals surface area contributed by atoms with E-state index in [1.165, 1.54) is 79.0 Å². The minimum atomic E-state index is -4.23. The number of rotatable bonds is 10. The molecule has 0 aliphatic heterocycles. The van der Waals surface area contributed by atoms with Gasteiger partial charge in [0, 0.05) is 29.7 Å². The molecule has 248 valence electrons. The number of hydrogen-bond acceptors (Lipinski definition) is 12. The molecule has 0 aliphatic carbocycles. The number of nitrogens with zero attached hydrogens (tertiary/aromatic N) is 6. The van der Waals surface area contributed by atoms with Crippen LogP contribution in [0.2, 0.25) is 0 Å². The molecule has 4 rings (SSSR count). The molecule has 2 aromatic heterocycles. The molecule has 2 heterocycles. The predicted molar refractivity (Wildman–Crippen MR) is 174 cm³/mol. The van der Waals surface area contributed by atoms with Gasteiger partial charge in [0.05, 0.1) is 37.1 Å². The molecule has 0 aliphatic rings.